The molecule has 0 spiro atoms. The summed E-state index contributed by atoms with van der Waals surface area (Å²) in [6, 6.07) is 0.273. The predicted molar refractivity (Wildman–Crippen MR) is 87.8 cm³/mol. The third-order valence-corrected chi connectivity index (χ3v) is 3.89. The zero-order valence-corrected chi connectivity index (χ0v) is 14.9. The molecule has 0 aliphatic carbocycles. The lowest BCUT2D eigenvalue weighted by molar-refractivity contribution is 0.0137. The van der Waals surface area contributed by atoms with Crippen molar-refractivity contribution in [3.63, 3.8) is 0 Å². The lowest BCUT2D eigenvalue weighted by Crippen LogP contribution is -2.44. The van der Waals surface area contributed by atoms with Crippen molar-refractivity contribution >= 4 is 17.7 Å². The summed E-state index contributed by atoms with van der Waals surface area (Å²) in [5, 5.41) is 0.397. The van der Waals surface area contributed by atoms with Crippen LogP contribution in [-0.4, -0.2) is 46.3 Å². The summed E-state index contributed by atoms with van der Waals surface area (Å²) in [5.41, 5.74) is 0.334. The molecular formula is C16H24ClN3O3. The molecule has 1 fully saturated rings. The maximum absolute atomic E-state index is 12.1. The van der Waals surface area contributed by atoms with E-state index < -0.39 is 5.60 Å². The predicted octanol–water partition coefficient (Wildman–Crippen LogP) is 3.46. The Hall–Kier alpha value is -1.56. The largest absolute Gasteiger partial charge is 0.463 e. The van der Waals surface area contributed by atoms with E-state index in [1.165, 1.54) is 0 Å². The quantitative estimate of drug-likeness (QED) is 0.788. The van der Waals surface area contributed by atoms with Crippen molar-refractivity contribution in [2.45, 2.75) is 46.1 Å². The van der Waals surface area contributed by atoms with Crippen LogP contribution in [0.3, 0.4) is 0 Å². The van der Waals surface area contributed by atoms with E-state index in [2.05, 4.69) is 9.97 Å². The van der Waals surface area contributed by atoms with E-state index >= 15 is 0 Å². The first-order valence-electron chi connectivity index (χ1n) is 7.84. The van der Waals surface area contributed by atoms with E-state index in [0.29, 0.717) is 18.3 Å². The second-order valence-corrected chi connectivity index (χ2v) is 7.23. The van der Waals surface area contributed by atoms with Gasteiger partial charge in [0, 0.05) is 30.8 Å². The highest BCUT2D eigenvalue weighted by Gasteiger charge is 2.28. The van der Waals surface area contributed by atoms with Gasteiger partial charge in [0.1, 0.15) is 10.8 Å². The van der Waals surface area contributed by atoms with Crippen LogP contribution in [0.2, 0.25) is 5.15 Å². The van der Waals surface area contributed by atoms with Crippen LogP contribution in [0, 0.1) is 12.8 Å². The number of rotatable bonds is 3. The standard InChI is InChI=1S/C16H24ClN3O3/c1-11-8-18-14(19-13(11)17)22-10-12-6-5-7-20(9-12)15(21)23-16(2,3)4/h8,12H,5-7,9-10H2,1-4H3. The fourth-order valence-electron chi connectivity index (χ4n) is 2.36. The average Bonchev–Trinajstić information content (AvgIpc) is 2.47. The average molecular weight is 342 g/mol. The van der Waals surface area contributed by atoms with E-state index in [-0.39, 0.29) is 18.0 Å². The van der Waals surface area contributed by atoms with E-state index in [9.17, 15) is 4.79 Å². The number of amides is 1. The number of nitrogens with zero attached hydrogens (tertiary/aromatic N) is 3. The van der Waals surface area contributed by atoms with Crippen molar-refractivity contribution < 1.29 is 14.3 Å². The van der Waals surface area contributed by atoms with E-state index in [1.54, 1.807) is 11.1 Å². The Bertz CT molecular complexity index is 560. The molecular weight excluding hydrogens is 318 g/mol. The number of carbonyl (C=O) groups is 1. The van der Waals surface area contributed by atoms with Crippen LogP contribution >= 0.6 is 11.6 Å². The van der Waals surface area contributed by atoms with Crippen LogP contribution in [0.15, 0.2) is 6.20 Å². The zero-order chi connectivity index (χ0) is 17.0. The molecule has 0 radical (unpaired) electrons. The monoisotopic (exact) mass is 341 g/mol. The lowest BCUT2D eigenvalue weighted by atomic mass is 9.99. The molecule has 0 bridgehead atoms. The van der Waals surface area contributed by atoms with Crippen molar-refractivity contribution in [2.75, 3.05) is 19.7 Å². The SMILES string of the molecule is Cc1cnc(OCC2CCCN(C(=O)OC(C)(C)C)C2)nc1Cl. The van der Waals surface area contributed by atoms with Gasteiger partial charge in [-0.15, -0.1) is 0 Å². The van der Waals surface area contributed by atoms with Crippen LogP contribution in [0.4, 0.5) is 4.79 Å². The van der Waals surface area contributed by atoms with Crippen molar-refractivity contribution in [3.05, 3.63) is 16.9 Å². The minimum atomic E-state index is -0.479. The minimum Gasteiger partial charge on any atom is -0.463 e. The van der Waals surface area contributed by atoms with Crippen molar-refractivity contribution in [3.8, 4) is 6.01 Å². The first-order valence-corrected chi connectivity index (χ1v) is 8.22. The molecule has 1 aromatic rings. The molecule has 23 heavy (non-hydrogen) atoms. The highest BCUT2D eigenvalue weighted by molar-refractivity contribution is 6.30. The number of halogens is 1. The Labute approximate surface area is 142 Å². The molecule has 1 unspecified atom stereocenters. The van der Waals surface area contributed by atoms with Crippen LogP contribution in [0.25, 0.3) is 0 Å². The Morgan fingerprint density at radius 2 is 2.22 bits per heavy atom. The Morgan fingerprint density at radius 3 is 2.87 bits per heavy atom. The topological polar surface area (TPSA) is 64.5 Å². The molecule has 7 heteroatoms. The Kier molecular flexibility index (Phi) is 5.68. The molecule has 0 N–H and O–H groups in total. The molecule has 1 atom stereocenters. The maximum atomic E-state index is 12.1. The van der Waals surface area contributed by atoms with Gasteiger partial charge in [-0.3, -0.25) is 0 Å². The maximum Gasteiger partial charge on any atom is 0.410 e. The molecule has 128 valence electrons. The summed E-state index contributed by atoms with van der Waals surface area (Å²) < 4.78 is 11.0. The number of piperidine rings is 1. The molecule has 6 nitrogen and oxygen atoms in total. The van der Waals surface area contributed by atoms with Crippen molar-refractivity contribution in [2.24, 2.45) is 5.92 Å². The molecule has 1 aromatic heterocycles. The molecule has 1 aliphatic heterocycles. The number of aryl methyl sites for hydroxylation is 1. The lowest BCUT2D eigenvalue weighted by Gasteiger charge is -2.33. The first-order chi connectivity index (χ1) is 10.7. The summed E-state index contributed by atoms with van der Waals surface area (Å²) in [6.07, 6.45) is 3.30. The molecule has 1 aliphatic rings. The third kappa shape index (κ3) is 5.53. The molecule has 2 rings (SSSR count). The summed E-state index contributed by atoms with van der Waals surface area (Å²) in [4.78, 5) is 22.1. The molecule has 0 saturated carbocycles. The van der Waals surface area contributed by atoms with Crippen LogP contribution in [-0.2, 0) is 4.74 Å². The van der Waals surface area contributed by atoms with Gasteiger partial charge in [-0.05, 0) is 40.5 Å². The second-order valence-electron chi connectivity index (χ2n) is 6.87. The molecule has 2 heterocycles. The minimum absolute atomic E-state index is 0.236. The number of hydrogen-bond acceptors (Lipinski definition) is 5. The van der Waals surface area contributed by atoms with Crippen LogP contribution in [0.1, 0.15) is 39.2 Å². The second kappa shape index (κ2) is 7.34. The fraction of sp³-hybridized carbons (Fsp3) is 0.688. The van der Waals surface area contributed by atoms with Gasteiger partial charge in [0.25, 0.3) is 0 Å². The Morgan fingerprint density at radius 1 is 1.48 bits per heavy atom. The van der Waals surface area contributed by atoms with Gasteiger partial charge in [0.05, 0.1) is 6.61 Å². The van der Waals surface area contributed by atoms with Crippen LogP contribution < -0.4 is 4.74 Å². The number of carbonyl (C=O) groups excluding carboxylic acids is 1. The molecule has 0 aromatic carbocycles. The number of likely N-dealkylation sites (tertiary alicyclic amines) is 1. The van der Waals surface area contributed by atoms with Gasteiger partial charge in [-0.2, -0.15) is 4.98 Å². The highest BCUT2D eigenvalue weighted by Crippen LogP contribution is 2.21. The number of aromatic nitrogens is 2. The van der Waals surface area contributed by atoms with Gasteiger partial charge in [-0.25, -0.2) is 9.78 Å². The van der Waals surface area contributed by atoms with Gasteiger partial charge in [0.2, 0.25) is 0 Å². The number of hydrogen-bond donors (Lipinski definition) is 0. The van der Waals surface area contributed by atoms with Gasteiger partial charge >= 0.3 is 12.1 Å². The summed E-state index contributed by atoms with van der Waals surface area (Å²) in [6.45, 7) is 9.24. The van der Waals surface area contributed by atoms with Gasteiger partial charge in [0.15, 0.2) is 0 Å². The number of ether oxygens (including phenoxy) is 2. The summed E-state index contributed by atoms with van der Waals surface area (Å²) in [5.74, 6) is 0.236. The van der Waals surface area contributed by atoms with Crippen LogP contribution in [0.5, 0.6) is 6.01 Å². The normalized spacial score (nSPS) is 18.7. The van der Waals surface area contributed by atoms with Gasteiger partial charge in [-0.1, -0.05) is 11.6 Å². The van der Waals surface area contributed by atoms with E-state index in [4.69, 9.17) is 21.1 Å². The summed E-state index contributed by atoms with van der Waals surface area (Å²) in [7, 11) is 0. The Balaban J connectivity index is 1.86. The molecule has 1 saturated heterocycles. The van der Waals surface area contributed by atoms with E-state index in [0.717, 1.165) is 24.9 Å². The van der Waals surface area contributed by atoms with E-state index in [1.807, 2.05) is 27.7 Å². The summed E-state index contributed by atoms with van der Waals surface area (Å²) >= 11 is 5.96. The van der Waals surface area contributed by atoms with Crippen molar-refractivity contribution in [1.82, 2.24) is 14.9 Å². The smallest absolute Gasteiger partial charge is 0.410 e. The van der Waals surface area contributed by atoms with Crippen molar-refractivity contribution in [1.29, 1.82) is 0 Å². The third-order valence-electron chi connectivity index (χ3n) is 3.51. The molecule has 1 amide bonds. The fourth-order valence-corrected chi connectivity index (χ4v) is 2.48. The zero-order valence-electron chi connectivity index (χ0n) is 14.1. The highest BCUT2D eigenvalue weighted by atomic mass is 35.5. The van der Waals surface area contributed by atoms with Gasteiger partial charge < -0.3 is 14.4 Å². The first kappa shape index (κ1) is 17.8.